The van der Waals surface area contributed by atoms with E-state index in [4.69, 9.17) is 4.74 Å². The van der Waals surface area contributed by atoms with Gasteiger partial charge in [-0.2, -0.15) is 0 Å². The molecule has 138 valence electrons. The van der Waals surface area contributed by atoms with Gasteiger partial charge in [-0.25, -0.2) is 4.98 Å². The van der Waals surface area contributed by atoms with Crippen molar-refractivity contribution in [2.45, 2.75) is 6.54 Å². The van der Waals surface area contributed by atoms with Crippen molar-refractivity contribution in [3.8, 4) is 11.3 Å². The minimum absolute atomic E-state index is 0.0833. The Hall–Kier alpha value is -2.70. The standard InChI is InChI=1S/C21H21N3O2S/c25-21(17-6-8-18(9-7-17)24-10-12-26-13-11-24)22-14-20-23-19(15-27-20)16-4-2-1-3-5-16/h1-9,15H,10-14H2,(H,22,25). The molecule has 3 aromatic rings. The molecule has 1 aliphatic rings. The molecule has 27 heavy (non-hydrogen) atoms. The fourth-order valence-electron chi connectivity index (χ4n) is 3.04. The van der Waals surface area contributed by atoms with Gasteiger partial charge in [0.2, 0.25) is 0 Å². The van der Waals surface area contributed by atoms with Crippen LogP contribution < -0.4 is 10.2 Å². The van der Waals surface area contributed by atoms with Crippen LogP contribution in [0.25, 0.3) is 11.3 Å². The molecule has 1 fully saturated rings. The molecule has 1 N–H and O–H groups in total. The first-order valence-corrected chi connectivity index (χ1v) is 9.88. The van der Waals surface area contributed by atoms with Crippen LogP contribution >= 0.6 is 11.3 Å². The van der Waals surface area contributed by atoms with Crippen LogP contribution in [0.1, 0.15) is 15.4 Å². The fraction of sp³-hybridized carbons (Fsp3) is 0.238. The van der Waals surface area contributed by atoms with Gasteiger partial charge >= 0.3 is 0 Å². The van der Waals surface area contributed by atoms with Crippen molar-refractivity contribution in [3.63, 3.8) is 0 Å². The molecule has 0 unspecified atom stereocenters. The Balaban J connectivity index is 1.35. The Kier molecular flexibility index (Phi) is 5.46. The molecule has 5 nitrogen and oxygen atoms in total. The van der Waals surface area contributed by atoms with Gasteiger partial charge in [-0.1, -0.05) is 30.3 Å². The molecule has 0 spiro atoms. The second-order valence-electron chi connectivity index (χ2n) is 6.32. The van der Waals surface area contributed by atoms with Gasteiger partial charge in [-0.3, -0.25) is 4.79 Å². The number of amides is 1. The van der Waals surface area contributed by atoms with Gasteiger partial charge in [0.05, 0.1) is 25.5 Å². The van der Waals surface area contributed by atoms with Crippen LogP contribution in [0, 0.1) is 0 Å². The quantitative estimate of drug-likeness (QED) is 0.736. The van der Waals surface area contributed by atoms with Gasteiger partial charge in [0.1, 0.15) is 5.01 Å². The molecule has 6 heteroatoms. The number of nitrogens with one attached hydrogen (secondary N) is 1. The first-order valence-electron chi connectivity index (χ1n) is 9.00. The predicted molar refractivity (Wildman–Crippen MR) is 108 cm³/mol. The first-order chi connectivity index (χ1) is 13.3. The fourth-order valence-corrected chi connectivity index (χ4v) is 3.78. The Morgan fingerprint density at radius 1 is 1.07 bits per heavy atom. The summed E-state index contributed by atoms with van der Waals surface area (Å²) in [6.45, 7) is 3.71. The summed E-state index contributed by atoms with van der Waals surface area (Å²) in [5, 5.41) is 5.87. The average molecular weight is 379 g/mol. The largest absolute Gasteiger partial charge is 0.378 e. The van der Waals surface area contributed by atoms with Crippen LogP contribution in [-0.4, -0.2) is 37.2 Å². The molecule has 0 aliphatic carbocycles. The topological polar surface area (TPSA) is 54.5 Å². The zero-order chi connectivity index (χ0) is 18.5. The van der Waals surface area contributed by atoms with E-state index in [9.17, 15) is 4.79 Å². The molecule has 2 heterocycles. The van der Waals surface area contributed by atoms with E-state index in [1.807, 2.05) is 60.0 Å². The highest BCUT2D eigenvalue weighted by Crippen LogP contribution is 2.21. The Morgan fingerprint density at radius 2 is 1.81 bits per heavy atom. The van der Waals surface area contributed by atoms with Gasteiger partial charge in [0.15, 0.2) is 0 Å². The second-order valence-corrected chi connectivity index (χ2v) is 7.26. The number of morpholine rings is 1. The maximum Gasteiger partial charge on any atom is 0.251 e. The minimum Gasteiger partial charge on any atom is -0.378 e. The number of rotatable bonds is 5. The van der Waals surface area contributed by atoms with Gasteiger partial charge < -0.3 is 15.0 Å². The second kappa shape index (κ2) is 8.33. The molecule has 2 aromatic carbocycles. The van der Waals surface area contributed by atoms with E-state index < -0.39 is 0 Å². The lowest BCUT2D eigenvalue weighted by molar-refractivity contribution is 0.0951. The number of aromatic nitrogens is 1. The monoisotopic (exact) mass is 379 g/mol. The van der Waals surface area contributed by atoms with E-state index in [2.05, 4.69) is 15.2 Å². The van der Waals surface area contributed by atoms with Crippen molar-refractivity contribution >= 4 is 22.9 Å². The highest BCUT2D eigenvalue weighted by molar-refractivity contribution is 7.09. The summed E-state index contributed by atoms with van der Waals surface area (Å²) < 4.78 is 5.38. The number of carbonyl (C=O) groups is 1. The number of hydrogen-bond acceptors (Lipinski definition) is 5. The number of hydrogen-bond donors (Lipinski definition) is 1. The van der Waals surface area contributed by atoms with Crippen LogP contribution in [0.3, 0.4) is 0 Å². The zero-order valence-corrected chi connectivity index (χ0v) is 15.7. The lowest BCUT2D eigenvalue weighted by Crippen LogP contribution is -2.36. The molecule has 0 bridgehead atoms. The summed E-state index contributed by atoms with van der Waals surface area (Å²) in [5.41, 5.74) is 3.82. The van der Waals surface area contributed by atoms with E-state index >= 15 is 0 Å². The minimum atomic E-state index is -0.0833. The van der Waals surface area contributed by atoms with Crippen LogP contribution in [-0.2, 0) is 11.3 Å². The lowest BCUT2D eigenvalue weighted by Gasteiger charge is -2.28. The maximum absolute atomic E-state index is 12.4. The Bertz CT molecular complexity index is 887. The molecule has 4 rings (SSSR count). The molecular formula is C21H21N3O2S. The summed E-state index contributed by atoms with van der Waals surface area (Å²) in [5.74, 6) is -0.0833. The normalized spacial score (nSPS) is 14.1. The molecular weight excluding hydrogens is 358 g/mol. The first kappa shape index (κ1) is 17.7. The third-order valence-electron chi connectivity index (χ3n) is 4.53. The van der Waals surface area contributed by atoms with Crippen molar-refractivity contribution in [2.75, 3.05) is 31.2 Å². The third-order valence-corrected chi connectivity index (χ3v) is 5.38. The summed E-state index contributed by atoms with van der Waals surface area (Å²) in [6.07, 6.45) is 0. The van der Waals surface area contributed by atoms with Crippen molar-refractivity contribution in [1.82, 2.24) is 10.3 Å². The molecule has 1 amide bonds. The molecule has 1 saturated heterocycles. The van der Waals surface area contributed by atoms with Gasteiger partial charge in [0, 0.05) is 35.3 Å². The van der Waals surface area contributed by atoms with E-state index in [1.54, 1.807) is 11.3 Å². The molecule has 0 radical (unpaired) electrons. The number of benzene rings is 2. The zero-order valence-electron chi connectivity index (χ0n) is 14.9. The summed E-state index contributed by atoms with van der Waals surface area (Å²) in [4.78, 5) is 19.3. The smallest absolute Gasteiger partial charge is 0.251 e. The van der Waals surface area contributed by atoms with Crippen molar-refractivity contribution < 1.29 is 9.53 Å². The van der Waals surface area contributed by atoms with E-state index in [0.717, 1.165) is 48.3 Å². The summed E-state index contributed by atoms with van der Waals surface area (Å²) in [6, 6.07) is 17.8. The molecule has 1 aromatic heterocycles. The average Bonchev–Trinajstić information content (AvgIpc) is 3.22. The SMILES string of the molecule is O=C(NCc1nc(-c2ccccc2)cs1)c1ccc(N2CCOCC2)cc1. The molecule has 1 aliphatic heterocycles. The number of ether oxygens (including phenoxy) is 1. The Morgan fingerprint density at radius 3 is 2.56 bits per heavy atom. The van der Waals surface area contributed by atoms with Gasteiger partial charge in [0.25, 0.3) is 5.91 Å². The molecule has 0 saturated carbocycles. The van der Waals surface area contributed by atoms with E-state index in [0.29, 0.717) is 12.1 Å². The van der Waals surface area contributed by atoms with E-state index in [1.165, 1.54) is 0 Å². The van der Waals surface area contributed by atoms with Crippen LogP contribution in [0.4, 0.5) is 5.69 Å². The van der Waals surface area contributed by atoms with Crippen molar-refractivity contribution in [2.24, 2.45) is 0 Å². The number of nitrogens with zero attached hydrogens (tertiary/aromatic N) is 2. The molecule has 0 atom stereocenters. The number of carbonyl (C=O) groups excluding carboxylic acids is 1. The van der Waals surface area contributed by atoms with Gasteiger partial charge in [-0.05, 0) is 24.3 Å². The van der Waals surface area contributed by atoms with Crippen LogP contribution in [0.15, 0.2) is 60.0 Å². The van der Waals surface area contributed by atoms with Crippen molar-refractivity contribution in [1.29, 1.82) is 0 Å². The van der Waals surface area contributed by atoms with Gasteiger partial charge in [-0.15, -0.1) is 11.3 Å². The van der Waals surface area contributed by atoms with Crippen LogP contribution in [0.2, 0.25) is 0 Å². The predicted octanol–water partition coefficient (Wildman–Crippen LogP) is 3.58. The summed E-state index contributed by atoms with van der Waals surface area (Å²) >= 11 is 1.56. The highest BCUT2D eigenvalue weighted by atomic mass is 32.1. The van der Waals surface area contributed by atoms with E-state index in [-0.39, 0.29) is 5.91 Å². The number of thiazole rings is 1. The van der Waals surface area contributed by atoms with Crippen LogP contribution in [0.5, 0.6) is 0 Å². The lowest BCUT2D eigenvalue weighted by atomic mass is 10.1. The van der Waals surface area contributed by atoms with Crippen molar-refractivity contribution in [3.05, 3.63) is 70.5 Å². The third kappa shape index (κ3) is 4.35. The Labute approximate surface area is 162 Å². The summed E-state index contributed by atoms with van der Waals surface area (Å²) in [7, 11) is 0. The highest BCUT2D eigenvalue weighted by Gasteiger charge is 2.12. The maximum atomic E-state index is 12.4. The number of anilines is 1.